The first-order valence-corrected chi connectivity index (χ1v) is 9.87. The number of hydrogen-bond acceptors (Lipinski definition) is 3. The average molecular weight is 374 g/mol. The molecule has 1 atom stereocenters. The number of carbonyl (C=O) groups is 1. The van der Waals surface area contributed by atoms with Crippen molar-refractivity contribution in [1.29, 1.82) is 0 Å². The van der Waals surface area contributed by atoms with Gasteiger partial charge in [-0.3, -0.25) is 9.78 Å². The smallest absolute Gasteiger partial charge is 0.253 e. The number of likely N-dealkylation sites (tertiary alicyclic amines) is 1. The van der Waals surface area contributed by atoms with Gasteiger partial charge < -0.3 is 9.47 Å². The summed E-state index contributed by atoms with van der Waals surface area (Å²) < 4.78 is 2.20. The van der Waals surface area contributed by atoms with Crippen LogP contribution in [-0.2, 0) is 6.54 Å². The summed E-state index contributed by atoms with van der Waals surface area (Å²) in [4.78, 5) is 23.8. The maximum absolute atomic E-state index is 13.1. The fourth-order valence-electron chi connectivity index (χ4n) is 4.15. The highest BCUT2D eigenvalue weighted by Gasteiger charge is 2.28. The number of carbonyl (C=O) groups excluding carboxylic acids is 1. The second kappa shape index (κ2) is 7.97. The van der Waals surface area contributed by atoms with Crippen molar-refractivity contribution in [3.63, 3.8) is 0 Å². The first-order valence-electron chi connectivity index (χ1n) is 9.87. The van der Waals surface area contributed by atoms with Gasteiger partial charge in [-0.2, -0.15) is 0 Å². The van der Waals surface area contributed by atoms with Crippen molar-refractivity contribution < 1.29 is 4.79 Å². The Morgan fingerprint density at radius 2 is 1.86 bits per heavy atom. The number of nitrogens with zero attached hydrogens (tertiary/aromatic N) is 4. The zero-order valence-corrected chi connectivity index (χ0v) is 16.5. The molecule has 28 heavy (non-hydrogen) atoms. The Morgan fingerprint density at radius 3 is 2.61 bits per heavy atom. The molecule has 1 fully saturated rings. The molecule has 144 valence electrons. The van der Waals surface area contributed by atoms with Gasteiger partial charge in [0.1, 0.15) is 5.82 Å². The Bertz CT molecular complexity index is 943. The lowest BCUT2D eigenvalue weighted by atomic mass is 9.96. The Kier molecular flexibility index (Phi) is 5.24. The Balaban J connectivity index is 1.52. The van der Waals surface area contributed by atoms with Crippen LogP contribution >= 0.6 is 0 Å². The molecule has 1 aromatic carbocycles. The minimum Gasteiger partial charge on any atom is -0.338 e. The fraction of sp³-hybridized carbons (Fsp3) is 0.348. The Morgan fingerprint density at radius 1 is 1.11 bits per heavy atom. The summed E-state index contributed by atoms with van der Waals surface area (Å²) in [5.74, 6) is 1.46. The van der Waals surface area contributed by atoms with E-state index in [1.54, 1.807) is 0 Å². The summed E-state index contributed by atoms with van der Waals surface area (Å²) in [5.41, 5.74) is 4.25. The zero-order chi connectivity index (χ0) is 19.5. The van der Waals surface area contributed by atoms with E-state index in [4.69, 9.17) is 0 Å². The highest BCUT2D eigenvalue weighted by molar-refractivity contribution is 5.94. The highest BCUT2D eigenvalue weighted by Crippen LogP contribution is 2.27. The number of imidazole rings is 1. The van der Waals surface area contributed by atoms with Crippen LogP contribution in [0.5, 0.6) is 0 Å². The predicted molar refractivity (Wildman–Crippen MR) is 109 cm³/mol. The van der Waals surface area contributed by atoms with Crippen molar-refractivity contribution in [2.45, 2.75) is 39.2 Å². The molecule has 1 aliphatic heterocycles. The van der Waals surface area contributed by atoms with Gasteiger partial charge >= 0.3 is 0 Å². The second-order valence-electron chi connectivity index (χ2n) is 7.74. The summed E-state index contributed by atoms with van der Waals surface area (Å²) in [5, 5.41) is 0. The van der Waals surface area contributed by atoms with Crippen molar-refractivity contribution in [2.75, 3.05) is 13.1 Å². The first kappa shape index (κ1) is 18.4. The maximum atomic E-state index is 13.1. The van der Waals surface area contributed by atoms with E-state index >= 15 is 0 Å². The third kappa shape index (κ3) is 3.98. The van der Waals surface area contributed by atoms with Crippen LogP contribution in [0.1, 0.15) is 51.6 Å². The van der Waals surface area contributed by atoms with E-state index in [0.29, 0.717) is 0 Å². The lowest BCUT2D eigenvalue weighted by molar-refractivity contribution is 0.0703. The molecular formula is C23H26N4O. The maximum Gasteiger partial charge on any atom is 0.253 e. The second-order valence-corrected chi connectivity index (χ2v) is 7.74. The number of amides is 1. The predicted octanol–water partition coefficient (Wildman–Crippen LogP) is 3.96. The molecule has 1 aliphatic rings. The van der Waals surface area contributed by atoms with Gasteiger partial charge in [0.05, 0.1) is 0 Å². The molecule has 2 aromatic heterocycles. The minimum atomic E-state index is 0.128. The Labute approximate surface area is 166 Å². The molecule has 1 saturated heterocycles. The summed E-state index contributed by atoms with van der Waals surface area (Å²) in [7, 11) is 0. The molecule has 0 bridgehead atoms. The molecule has 1 amide bonds. The van der Waals surface area contributed by atoms with Gasteiger partial charge in [-0.25, -0.2) is 4.98 Å². The van der Waals surface area contributed by atoms with Gasteiger partial charge in [0, 0.05) is 55.9 Å². The SMILES string of the molecule is Cc1cc(C)cc(C(=O)N2CCC[C@@H](c3nccn3Cc3ccncc3)C2)c1. The van der Waals surface area contributed by atoms with Crippen LogP contribution in [-0.4, -0.2) is 38.4 Å². The molecule has 3 heterocycles. The molecule has 3 aromatic rings. The first-order chi connectivity index (χ1) is 13.6. The van der Waals surface area contributed by atoms with E-state index in [1.165, 1.54) is 5.56 Å². The number of hydrogen-bond donors (Lipinski definition) is 0. The topological polar surface area (TPSA) is 51.0 Å². The summed E-state index contributed by atoms with van der Waals surface area (Å²) in [6.07, 6.45) is 9.59. The van der Waals surface area contributed by atoms with Gasteiger partial charge in [0.2, 0.25) is 0 Å². The van der Waals surface area contributed by atoms with Crippen LogP contribution in [0.2, 0.25) is 0 Å². The standard InChI is InChI=1S/C23H26N4O/c1-17-12-18(2)14-21(13-17)23(28)27-10-3-4-20(16-27)22-25-9-11-26(22)15-19-5-7-24-8-6-19/h5-9,11-14,20H,3-4,10,15-16H2,1-2H3/t20-/m1/s1. The fourth-order valence-corrected chi connectivity index (χ4v) is 4.15. The van der Waals surface area contributed by atoms with E-state index in [-0.39, 0.29) is 11.8 Å². The van der Waals surface area contributed by atoms with Crippen molar-refractivity contribution >= 4 is 5.91 Å². The molecule has 0 N–H and O–H groups in total. The van der Waals surface area contributed by atoms with E-state index in [0.717, 1.165) is 55.0 Å². The van der Waals surface area contributed by atoms with Gasteiger partial charge in [0.15, 0.2) is 0 Å². The highest BCUT2D eigenvalue weighted by atomic mass is 16.2. The van der Waals surface area contributed by atoms with Gasteiger partial charge in [-0.1, -0.05) is 17.2 Å². The third-order valence-electron chi connectivity index (χ3n) is 5.39. The van der Waals surface area contributed by atoms with Gasteiger partial charge in [-0.15, -0.1) is 0 Å². The largest absolute Gasteiger partial charge is 0.338 e. The van der Waals surface area contributed by atoms with Crippen molar-refractivity contribution in [3.8, 4) is 0 Å². The van der Waals surface area contributed by atoms with Crippen molar-refractivity contribution in [1.82, 2.24) is 19.4 Å². The van der Waals surface area contributed by atoms with Crippen molar-refractivity contribution in [3.05, 3.63) is 83.2 Å². The summed E-state index contributed by atoms with van der Waals surface area (Å²) in [6.45, 7) is 6.39. The van der Waals surface area contributed by atoms with E-state index in [2.05, 4.69) is 20.6 Å². The van der Waals surface area contributed by atoms with Crippen LogP contribution in [0, 0.1) is 13.8 Å². The molecule has 0 spiro atoms. The summed E-state index contributed by atoms with van der Waals surface area (Å²) >= 11 is 0. The molecule has 0 unspecified atom stereocenters. The molecule has 5 heteroatoms. The molecule has 0 saturated carbocycles. The van der Waals surface area contributed by atoms with E-state index in [1.807, 2.05) is 67.8 Å². The monoisotopic (exact) mass is 374 g/mol. The van der Waals surface area contributed by atoms with E-state index in [9.17, 15) is 4.79 Å². The van der Waals surface area contributed by atoms with Crippen LogP contribution in [0.3, 0.4) is 0 Å². The molecule has 5 nitrogen and oxygen atoms in total. The van der Waals surface area contributed by atoms with Gasteiger partial charge in [-0.05, 0) is 56.5 Å². The quantitative estimate of drug-likeness (QED) is 0.694. The molecule has 4 rings (SSSR count). The lowest BCUT2D eigenvalue weighted by Gasteiger charge is -2.33. The number of aromatic nitrogens is 3. The number of aryl methyl sites for hydroxylation is 2. The number of rotatable bonds is 4. The van der Waals surface area contributed by atoms with Crippen LogP contribution in [0.25, 0.3) is 0 Å². The molecular weight excluding hydrogens is 348 g/mol. The number of pyridine rings is 1. The lowest BCUT2D eigenvalue weighted by Crippen LogP contribution is -2.39. The molecule has 0 aliphatic carbocycles. The third-order valence-corrected chi connectivity index (χ3v) is 5.39. The van der Waals surface area contributed by atoms with Crippen LogP contribution < -0.4 is 0 Å². The van der Waals surface area contributed by atoms with Gasteiger partial charge in [0.25, 0.3) is 5.91 Å². The summed E-state index contributed by atoms with van der Waals surface area (Å²) in [6, 6.07) is 10.1. The Hall–Kier alpha value is -2.95. The normalized spacial score (nSPS) is 16.9. The number of piperidine rings is 1. The molecule has 0 radical (unpaired) electrons. The van der Waals surface area contributed by atoms with Crippen molar-refractivity contribution in [2.24, 2.45) is 0 Å². The van der Waals surface area contributed by atoms with Crippen LogP contribution in [0.15, 0.2) is 55.1 Å². The average Bonchev–Trinajstić information content (AvgIpc) is 3.15. The minimum absolute atomic E-state index is 0.128. The zero-order valence-electron chi connectivity index (χ0n) is 16.5. The van der Waals surface area contributed by atoms with Crippen LogP contribution in [0.4, 0.5) is 0 Å². The number of benzene rings is 1. The van der Waals surface area contributed by atoms with E-state index < -0.39 is 0 Å².